The zero-order valence-electron chi connectivity index (χ0n) is 8.75. The van der Waals surface area contributed by atoms with E-state index in [2.05, 4.69) is 11.9 Å². The molecule has 1 aromatic heterocycles. The molecule has 0 spiro atoms. The highest BCUT2D eigenvalue weighted by molar-refractivity contribution is 7.11. The monoisotopic (exact) mass is 210 g/mol. The fourth-order valence-corrected chi connectivity index (χ4v) is 3.28. The lowest BCUT2D eigenvalue weighted by atomic mass is 9.96. The smallest absolute Gasteiger partial charge is 0.0900 e. The van der Waals surface area contributed by atoms with Gasteiger partial charge in [-0.15, -0.1) is 11.3 Å². The molecule has 0 bridgehead atoms. The Morgan fingerprint density at radius 1 is 1.57 bits per heavy atom. The van der Waals surface area contributed by atoms with Gasteiger partial charge in [0.1, 0.15) is 0 Å². The average molecular weight is 210 g/mol. The Morgan fingerprint density at radius 2 is 2.43 bits per heavy atom. The summed E-state index contributed by atoms with van der Waals surface area (Å²) in [5.74, 6) is 0.780. The summed E-state index contributed by atoms with van der Waals surface area (Å²) < 4.78 is 0. The van der Waals surface area contributed by atoms with Crippen molar-refractivity contribution in [2.24, 2.45) is 11.7 Å². The third kappa shape index (κ3) is 2.15. The number of nitrogens with zero attached hydrogens (tertiary/aromatic N) is 1. The van der Waals surface area contributed by atoms with Crippen LogP contribution in [0.2, 0.25) is 0 Å². The summed E-state index contributed by atoms with van der Waals surface area (Å²) >= 11 is 1.88. The van der Waals surface area contributed by atoms with Crippen LogP contribution in [0.3, 0.4) is 0 Å². The Kier molecular flexibility index (Phi) is 3.19. The molecule has 0 saturated heterocycles. The molecule has 1 heterocycles. The van der Waals surface area contributed by atoms with Gasteiger partial charge in [0.05, 0.1) is 10.7 Å². The molecule has 1 aromatic rings. The summed E-state index contributed by atoms with van der Waals surface area (Å²) in [6, 6.07) is 0. The molecule has 0 aliphatic heterocycles. The van der Waals surface area contributed by atoms with Gasteiger partial charge < -0.3 is 5.73 Å². The summed E-state index contributed by atoms with van der Waals surface area (Å²) in [4.78, 5) is 6.15. The van der Waals surface area contributed by atoms with Gasteiger partial charge in [-0.3, -0.25) is 0 Å². The van der Waals surface area contributed by atoms with E-state index in [0.29, 0.717) is 0 Å². The molecule has 14 heavy (non-hydrogen) atoms. The van der Waals surface area contributed by atoms with Crippen molar-refractivity contribution in [1.82, 2.24) is 4.98 Å². The molecule has 2 N–H and O–H groups in total. The topological polar surface area (TPSA) is 38.9 Å². The van der Waals surface area contributed by atoms with Crippen LogP contribution in [0.25, 0.3) is 0 Å². The van der Waals surface area contributed by atoms with Crippen LogP contribution in [0.1, 0.15) is 34.8 Å². The van der Waals surface area contributed by atoms with E-state index in [4.69, 9.17) is 5.73 Å². The molecule has 1 unspecified atom stereocenters. The number of nitrogens with two attached hydrogens (primary N) is 1. The predicted octanol–water partition coefficient (Wildman–Crippen LogP) is 2.30. The highest BCUT2D eigenvalue weighted by Crippen LogP contribution is 2.29. The summed E-state index contributed by atoms with van der Waals surface area (Å²) in [5.41, 5.74) is 6.98. The van der Waals surface area contributed by atoms with Crippen molar-refractivity contribution in [3.05, 3.63) is 15.6 Å². The summed E-state index contributed by atoms with van der Waals surface area (Å²) in [7, 11) is 0. The number of fused-ring (bicyclic) bond motifs is 1. The van der Waals surface area contributed by atoms with Crippen LogP contribution in [0.5, 0.6) is 0 Å². The Bertz CT molecular complexity index is 306. The highest BCUT2D eigenvalue weighted by atomic mass is 32.1. The maximum Gasteiger partial charge on any atom is 0.0900 e. The first-order chi connectivity index (χ1) is 6.79. The van der Waals surface area contributed by atoms with E-state index in [1.165, 1.54) is 34.8 Å². The average Bonchev–Trinajstić information content (AvgIpc) is 2.37. The largest absolute Gasteiger partial charge is 0.330 e. The number of hydrogen-bond donors (Lipinski definition) is 1. The van der Waals surface area contributed by atoms with Crippen LogP contribution >= 0.6 is 11.3 Å². The molecule has 0 amide bonds. The quantitative estimate of drug-likeness (QED) is 0.761. The first kappa shape index (κ1) is 10.1. The number of rotatable bonds is 2. The van der Waals surface area contributed by atoms with Gasteiger partial charge >= 0.3 is 0 Å². The van der Waals surface area contributed by atoms with Gasteiger partial charge in [-0.05, 0) is 51.5 Å². The lowest BCUT2D eigenvalue weighted by Gasteiger charge is -2.11. The van der Waals surface area contributed by atoms with Crippen molar-refractivity contribution < 1.29 is 0 Å². The third-order valence-corrected chi connectivity index (χ3v) is 4.03. The van der Waals surface area contributed by atoms with Gasteiger partial charge in [0.15, 0.2) is 0 Å². The molecule has 1 aliphatic carbocycles. The van der Waals surface area contributed by atoms with Crippen molar-refractivity contribution in [2.75, 3.05) is 6.54 Å². The minimum atomic E-state index is 0.780. The lowest BCUT2D eigenvalue weighted by molar-refractivity contribution is 0.450. The predicted molar refractivity (Wildman–Crippen MR) is 60.7 cm³/mol. The molecule has 1 aliphatic rings. The van der Waals surface area contributed by atoms with Gasteiger partial charge in [-0.1, -0.05) is 0 Å². The minimum absolute atomic E-state index is 0.780. The summed E-state index contributed by atoms with van der Waals surface area (Å²) in [6.45, 7) is 2.93. The van der Waals surface area contributed by atoms with Crippen molar-refractivity contribution in [3.63, 3.8) is 0 Å². The fourth-order valence-electron chi connectivity index (χ4n) is 2.28. The van der Waals surface area contributed by atoms with E-state index in [9.17, 15) is 0 Å². The number of thiazole rings is 1. The molecule has 0 aromatic carbocycles. The SMILES string of the molecule is Cc1nc2c(s1)CCCC(CCN)C2. The Labute approximate surface area is 89.5 Å². The molecular weight excluding hydrogens is 192 g/mol. The summed E-state index contributed by atoms with van der Waals surface area (Å²) in [5, 5.41) is 1.23. The van der Waals surface area contributed by atoms with Gasteiger partial charge in [-0.2, -0.15) is 0 Å². The molecule has 0 saturated carbocycles. The van der Waals surface area contributed by atoms with E-state index in [1.807, 2.05) is 11.3 Å². The van der Waals surface area contributed by atoms with Gasteiger partial charge in [-0.25, -0.2) is 4.98 Å². The zero-order chi connectivity index (χ0) is 9.97. The van der Waals surface area contributed by atoms with E-state index in [-0.39, 0.29) is 0 Å². The van der Waals surface area contributed by atoms with Crippen LogP contribution in [0.4, 0.5) is 0 Å². The second kappa shape index (κ2) is 4.41. The van der Waals surface area contributed by atoms with Crippen molar-refractivity contribution >= 4 is 11.3 Å². The minimum Gasteiger partial charge on any atom is -0.330 e. The Morgan fingerprint density at radius 3 is 3.21 bits per heavy atom. The van der Waals surface area contributed by atoms with Crippen molar-refractivity contribution in [1.29, 1.82) is 0 Å². The molecule has 0 radical (unpaired) electrons. The molecule has 3 heteroatoms. The first-order valence-electron chi connectivity index (χ1n) is 5.45. The first-order valence-corrected chi connectivity index (χ1v) is 6.26. The molecule has 1 atom stereocenters. The number of aromatic nitrogens is 1. The zero-order valence-corrected chi connectivity index (χ0v) is 9.57. The molecule has 2 nitrogen and oxygen atoms in total. The maximum absolute atomic E-state index is 5.62. The number of aryl methyl sites for hydroxylation is 2. The third-order valence-electron chi connectivity index (χ3n) is 2.96. The van der Waals surface area contributed by atoms with E-state index >= 15 is 0 Å². The van der Waals surface area contributed by atoms with Crippen LogP contribution in [0, 0.1) is 12.8 Å². The van der Waals surface area contributed by atoms with E-state index < -0.39 is 0 Å². The normalized spacial score (nSPS) is 21.7. The molecule has 78 valence electrons. The van der Waals surface area contributed by atoms with Crippen molar-refractivity contribution in [2.45, 2.75) is 39.0 Å². The highest BCUT2D eigenvalue weighted by Gasteiger charge is 2.18. The van der Waals surface area contributed by atoms with Crippen LogP contribution in [-0.4, -0.2) is 11.5 Å². The van der Waals surface area contributed by atoms with E-state index in [1.54, 1.807) is 0 Å². The fraction of sp³-hybridized carbons (Fsp3) is 0.727. The van der Waals surface area contributed by atoms with Crippen LogP contribution < -0.4 is 5.73 Å². The van der Waals surface area contributed by atoms with Gasteiger partial charge in [0.2, 0.25) is 0 Å². The van der Waals surface area contributed by atoms with E-state index in [0.717, 1.165) is 25.3 Å². The second-order valence-electron chi connectivity index (χ2n) is 4.14. The Balaban J connectivity index is 2.13. The van der Waals surface area contributed by atoms with Gasteiger partial charge in [0.25, 0.3) is 0 Å². The van der Waals surface area contributed by atoms with Gasteiger partial charge in [0, 0.05) is 4.88 Å². The Hall–Kier alpha value is -0.410. The van der Waals surface area contributed by atoms with Crippen molar-refractivity contribution in [3.8, 4) is 0 Å². The second-order valence-corrected chi connectivity index (χ2v) is 5.43. The molecule has 0 fully saturated rings. The van der Waals surface area contributed by atoms with Crippen LogP contribution in [-0.2, 0) is 12.8 Å². The number of hydrogen-bond acceptors (Lipinski definition) is 3. The molecule has 2 rings (SSSR count). The standard InChI is InChI=1S/C11H18N2S/c1-8-13-10-7-9(5-6-12)3-2-4-11(10)14-8/h9H,2-7,12H2,1H3. The lowest BCUT2D eigenvalue weighted by Crippen LogP contribution is -2.10. The maximum atomic E-state index is 5.62. The summed E-state index contributed by atoms with van der Waals surface area (Å²) in [6.07, 6.45) is 6.22. The molecular formula is C11H18N2S. The van der Waals surface area contributed by atoms with Crippen LogP contribution in [0.15, 0.2) is 0 Å².